The molecule has 1 aliphatic rings. The number of aliphatic carboxylic acids is 1. The third-order valence-corrected chi connectivity index (χ3v) is 6.35. The first kappa shape index (κ1) is 22.2. The van der Waals surface area contributed by atoms with Crippen molar-refractivity contribution in [3.63, 3.8) is 0 Å². The van der Waals surface area contributed by atoms with Crippen LogP contribution >= 0.6 is 11.3 Å². The summed E-state index contributed by atoms with van der Waals surface area (Å²) in [4.78, 5) is 29.2. The van der Waals surface area contributed by atoms with Crippen LogP contribution in [0.1, 0.15) is 81.0 Å². The lowest BCUT2D eigenvalue weighted by Crippen LogP contribution is -2.38. The quantitative estimate of drug-likeness (QED) is 0.449. The van der Waals surface area contributed by atoms with Crippen molar-refractivity contribution in [2.75, 3.05) is 5.32 Å². The molecule has 1 heterocycles. The van der Waals surface area contributed by atoms with Gasteiger partial charge in [-0.2, -0.15) is 0 Å². The number of amides is 1. The molecule has 160 valence electrons. The summed E-state index contributed by atoms with van der Waals surface area (Å²) in [6.45, 7) is 3.97. The van der Waals surface area contributed by atoms with Gasteiger partial charge in [-0.05, 0) is 49.5 Å². The molecule has 3 rings (SSSR count). The Morgan fingerprint density at radius 1 is 1.23 bits per heavy atom. The average Bonchev–Trinajstić information content (AvgIpc) is 3.44. The fraction of sp³-hybridized carbons (Fsp3) is 0.458. The number of benzene rings is 1. The molecule has 0 radical (unpaired) electrons. The molecule has 1 aliphatic carbocycles. The van der Waals surface area contributed by atoms with E-state index >= 15 is 0 Å². The molecule has 30 heavy (non-hydrogen) atoms. The van der Waals surface area contributed by atoms with Crippen LogP contribution in [0.3, 0.4) is 0 Å². The van der Waals surface area contributed by atoms with E-state index in [1.54, 1.807) is 11.3 Å². The smallest absolute Gasteiger partial charge is 0.304 e. The van der Waals surface area contributed by atoms with Gasteiger partial charge >= 0.3 is 5.97 Å². The molecule has 1 fully saturated rings. The monoisotopic (exact) mass is 426 g/mol. The normalized spacial score (nSPS) is 14.2. The molecule has 0 atom stereocenters. The van der Waals surface area contributed by atoms with Gasteiger partial charge in [-0.3, -0.25) is 9.59 Å². The minimum atomic E-state index is -0.933. The lowest BCUT2D eigenvalue weighted by molar-refractivity contribution is -0.144. The highest BCUT2D eigenvalue weighted by atomic mass is 32.1. The fourth-order valence-corrected chi connectivity index (χ4v) is 4.74. The molecule has 5 nitrogen and oxygen atoms in total. The van der Waals surface area contributed by atoms with Gasteiger partial charge in [-0.15, -0.1) is 11.3 Å². The van der Waals surface area contributed by atoms with Crippen molar-refractivity contribution < 1.29 is 14.7 Å². The second-order valence-electron chi connectivity index (χ2n) is 8.15. The number of carbonyl (C=O) groups excluding carboxylic acids is 1. The van der Waals surface area contributed by atoms with Gasteiger partial charge in [0.1, 0.15) is 5.01 Å². The number of nitrogens with zero attached hydrogens (tertiary/aromatic N) is 1. The van der Waals surface area contributed by atoms with Crippen LogP contribution in [0.25, 0.3) is 12.2 Å². The van der Waals surface area contributed by atoms with Crippen molar-refractivity contribution in [2.45, 2.75) is 64.7 Å². The van der Waals surface area contributed by atoms with Crippen molar-refractivity contribution in [1.29, 1.82) is 0 Å². The van der Waals surface area contributed by atoms with E-state index < -0.39 is 11.4 Å². The lowest BCUT2D eigenvalue weighted by Gasteiger charge is -2.30. The number of nitrogens with one attached hydrogen (secondary N) is 1. The number of hydrogen-bond donors (Lipinski definition) is 2. The van der Waals surface area contributed by atoms with Crippen LogP contribution in [0.5, 0.6) is 0 Å². The number of carbonyl (C=O) groups is 2. The van der Waals surface area contributed by atoms with Gasteiger partial charge in [0.25, 0.3) is 0 Å². The molecule has 2 aromatic rings. The van der Waals surface area contributed by atoms with Crippen LogP contribution in [0.2, 0.25) is 0 Å². The average molecular weight is 427 g/mol. The van der Waals surface area contributed by atoms with Gasteiger partial charge in [-0.25, -0.2) is 4.98 Å². The molecule has 1 aromatic heterocycles. The molecule has 1 aromatic carbocycles. The summed E-state index contributed by atoms with van der Waals surface area (Å²) in [5.74, 6) is -0.485. The van der Waals surface area contributed by atoms with Crippen molar-refractivity contribution >= 4 is 41.1 Å². The van der Waals surface area contributed by atoms with E-state index in [4.69, 9.17) is 0 Å². The summed E-state index contributed by atoms with van der Waals surface area (Å²) in [7, 11) is 0. The van der Waals surface area contributed by atoms with Crippen LogP contribution < -0.4 is 5.32 Å². The molecule has 6 heteroatoms. The Morgan fingerprint density at radius 3 is 2.60 bits per heavy atom. The number of aromatic nitrogens is 1. The summed E-state index contributed by atoms with van der Waals surface area (Å²) < 4.78 is 0. The zero-order chi connectivity index (χ0) is 21.6. The Kier molecular flexibility index (Phi) is 7.43. The maximum atomic E-state index is 13.1. The number of anilines is 1. The molecule has 1 amide bonds. The molecular weight excluding hydrogens is 396 g/mol. The largest absolute Gasteiger partial charge is 0.481 e. The first-order chi connectivity index (χ1) is 14.5. The first-order valence-corrected chi connectivity index (χ1v) is 11.6. The minimum Gasteiger partial charge on any atom is -0.481 e. The van der Waals surface area contributed by atoms with Crippen molar-refractivity contribution in [3.05, 3.63) is 45.9 Å². The van der Waals surface area contributed by atoms with E-state index in [-0.39, 0.29) is 12.3 Å². The molecule has 0 spiro atoms. The highest BCUT2D eigenvalue weighted by Gasteiger charge is 2.39. The Labute approximate surface area is 182 Å². The van der Waals surface area contributed by atoms with Gasteiger partial charge in [0.15, 0.2) is 0 Å². The van der Waals surface area contributed by atoms with E-state index in [9.17, 15) is 14.7 Å². The van der Waals surface area contributed by atoms with Crippen molar-refractivity contribution in [2.24, 2.45) is 5.41 Å². The summed E-state index contributed by atoms with van der Waals surface area (Å²) in [5.41, 5.74) is 1.97. The molecule has 0 aliphatic heterocycles. The Balaban J connectivity index is 1.72. The Bertz CT molecular complexity index is 909. The number of thiazole rings is 1. The molecule has 0 unspecified atom stereocenters. The van der Waals surface area contributed by atoms with Crippen molar-refractivity contribution in [1.82, 2.24) is 4.98 Å². The first-order valence-electron chi connectivity index (χ1n) is 10.7. The number of hydrogen-bond acceptors (Lipinski definition) is 4. The predicted octanol–water partition coefficient (Wildman–Crippen LogP) is 6.19. The Morgan fingerprint density at radius 2 is 1.97 bits per heavy atom. The summed E-state index contributed by atoms with van der Waals surface area (Å²) in [6, 6.07) is 7.62. The van der Waals surface area contributed by atoms with E-state index in [1.807, 2.05) is 50.3 Å². The van der Waals surface area contributed by atoms with Gasteiger partial charge < -0.3 is 10.4 Å². The molecule has 0 saturated heterocycles. The molecule has 2 N–H and O–H groups in total. The summed E-state index contributed by atoms with van der Waals surface area (Å²) in [6.07, 6.45) is 8.99. The SMILES string of the molecule is CCCC(CCC)(CC(=O)O)C(=O)Nc1cccc(C=Cc2nc(C3CC3)cs2)c1. The van der Waals surface area contributed by atoms with Crippen LogP contribution in [0, 0.1) is 5.41 Å². The zero-order valence-corrected chi connectivity index (χ0v) is 18.5. The lowest BCUT2D eigenvalue weighted by atomic mass is 9.75. The minimum absolute atomic E-state index is 0.145. The second-order valence-corrected chi connectivity index (χ2v) is 9.04. The van der Waals surface area contributed by atoms with Crippen LogP contribution in [-0.2, 0) is 9.59 Å². The van der Waals surface area contributed by atoms with E-state index in [0.29, 0.717) is 24.4 Å². The molecule has 1 saturated carbocycles. The Hall–Kier alpha value is -2.47. The summed E-state index contributed by atoms with van der Waals surface area (Å²) in [5, 5.41) is 15.5. The third kappa shape index (κ3) is 5.79. The second kappa shape index (κ2) is 10.0. The van der Waals surface area contributed by atoms with Crippen LogP contribution in [-0.4, -0.2) is 22.0 Å². The predicted molar refractivity (Wildman–Crippen MR) is 123 cm³/mol. The molecular formula is C24H30N2O3S. The highest BCUT2D eigenvalue weighted by Crippen LogP contribution is 2.40. The number of carboxylic acids is 1. The van der Waals surface area contributed by atoms with Gasteiger partial charge in [0.2, 0.25) is 5.91 Å². The standard InChI is InChI=1S/C24H30N2O3S/c1-3-12-24(13-4-2,15-22(27)28)23(29)25-19-7-5-6-17(14-19)8-11-21-26-20(16-30-21)18-9-10-18/h5-8,11,14,16,18H,3-4,9-10,12-13,15H2,1-2H3,(H,25,29)(H,27,28). The van der Waals surface area contributed by atoms with Gasteiger partial charge in [0.05, 0.1) is 17.5 Å². The van der Waals surface area contributed by atoms with Gasteiger partial charge in [0, 0.05) is 17.0 Å². The zero-order valence-electron chi connectivity index (χ0n) is 17.7. The maximum absolute atomic E-state index is 13.1. The topological polar surface area (TPSA) is 79.3 Å². The fourth-order valence-electron chi connectivity index (χ4n) is 3.95. The van der Waals surface area contributed by atoms with Gasteiger partial charge in [-0.1, -0.05) is 44.9 Å². The number of rotatable bonds is 11. The number of carboxylic acid groups (broad SMARTS) is 1. The summed E-state index contributed by atoms with van der Waals surface area (Å²) >= 11 is 1.65. The molecule has 0 bridgehead atoms. The highest BCUT2D eigenvalue weighted by molar-refractivity contribution is 7.10. The van der Waals surface area contributed by atoms with Crippen LogP contribution in [0.4, 0.5) is 5.69 Å². The van der Waals surface area contributed by atoms with E-state index in [1.165, 1.54) is 18.5 Å². The van der Waals surface area contributed by atoms with Crippen molar-refractivity contribution in [3.8, 4) is 0 Å². The third-order valence-electron chi connectivity index (χ3n) is 5.53. The van der Waals surface area contributed by atoms with E-state index in [2.05, 4.69) is 15.7 Å². The van der Waals surface area contributed by atoms with Crippen LogP contribution in [0.15, 0.2) is 29.6 Å². The maximum Gasteiger partial charge on any atom is 0.304 e. The van der Waals surface area contributed by atoms with E-state index in [0.717, 1.165) is 23.4 Å².